The Morgan fingerprint density at radius 3 is 2.50 bits per heavy atom. The molecule has 2 N–H and O–H groups in total. The van der Waals surface area contributed by atoms with Crippen molar-refractivity contribution in [2.45, 2.75) is 36.8 Å². The SMILES string of the molecule is CNC1(c2ccccc2)CCC2(CC1)CN(CC(=O)N1CCSC(=O)C1=O)C(=O)N2. The van der Waals surface area contributed by atoms with Crippen molar-refractivity contribution in [2.75, 3.05) is 32.4 Å². The molecular formula is C21H26N4O4S. The summed E-state index contributed by atoms with van der Waals surface area (Å²) in [6.45, 7) is 0.445. The van der Waals surface area contributed by atoms with Gasteiger partial charge in [-0.2, -0.15) is 0 Å². The third-order valence-electron chi connectivity index (χ3n) is 6.61. The van der Waals surface area contributed by atoms with E-state index in [1.54, 1.807) is 0 Å². The van der Waals surface area contributed by atoms with Gasteiger partial charge in [-0.1, -0.05) is 42.1 Å². The second-order valence-electron chi connectivity index (χ2n) is 8.25. The minimum absolute atomic E-state index is 0.126. The van der Waals surface area contributed by atoms with Crippen molar-refractivity contribution < 1.29 is 19.2 Å². The summed E-state index contributed by atoms with van der Waals surface area (Å²) in [5.74, 6) is -0.881. The highest BCUT2D eigenvalue weighted by Crippen LogP contribution is 2.42. The fraction of sp³-hybridized carbons (Fsp3) is 0.524. The molecule has 4 rings (SSSR count). The van der Waals surface area contributed by atoms with Crippen LogP contribution in [0.1, 0.15) is 31.2 Å². The van der Waals surface area contributed by atoms with Gasteiger partial charge >= 0.3 is 11.9 Å². The molecule has 0 bridgehead atoms. The monoisotopic (exact) mass is 430 g/mol. The summed E-state index contributed by atoms with van der Waals surface area (Å²) in [4.78, 5) is 51.1. The van der Waals surface area contributed by atoms with Gasteiger partial charge in [0.2, 0.25) is 5.91 Å². The summed E-state index contributed by atoms with van der Waals surface area (Å²) < 4.78 is 0. The van der Waals surface area contributed by atoms with Gasteiger partial charge in [0.1, 0.15) is 6.54 Å². The normalized spacial score (nSPS) is 29.4. The molecule has 8 nitrogen and oxygen atoms in total. The van der Waals surface area contributed by atoms with Gasteiger partial charge in [0.25, 0.3) is 5.12 Å². The quantitative estimate of drug-likeness (QED) is 0.694. The van der Waals surface area contributed by atoms with Crippen molar-refractivity contribution in [3.8, 4) is 0 Å². The molecule has 160 valence electrons. The molecule has 1 aromatic rings. The minimum Gasteiger partial charge on any atom is -0.331 e. The second-order valence-corrected chi connectivity index (χ2v) is 9.32. The molecule has 3 aliphatic rings. The molecule has 0 aromatic heterocycles. The van der Waals surface area contributed by atoms with E-state index in [1.807, 2.05) is 25.2 Å². The minimum atomic E-state index is -0.787. The lowest BCUT2D eigenvalue weighted by atomic mass is 9.69. The highest BCUT2D eigenvalue weighted by Gasteiger charge is 2.49. The van der Waals surface area contributed by atoms with Gasteiger partial charge in [-0.25, -0.2) is 4.79 Å². The van der Waals surface area contributed by atoms with E-state index in [2.05, 4.69) is 22.8 Å². The van der Waals surface area contributed by atoms with Crippen LogP contribution >= 0.6 is 11.8 Å². The van der Waals surface area contributed by atoms with E-state index in [-0.39, 0.29) is 30.2 Å². The predicted octanol–water partition coefficient (Wildman–Crippen LogP) is 1.07. The van der Waals surface area contributed by atoms with Crippen LogP contribution in [0.4, 0.5) is 4.79 Å². The van der Waals surface area contributed by atoms with Crippen molar-refractivity contribution in [3.05, 3.63) is 35.9 Å². The van der Waals surface area contributed by atoms with Crippen LogP contribution in [0.15, 0.2) is 30.3 Å². The number of hydrogen-bond acceptors (Lipinski definition) is 6. The summed E-state index contributed by atoms with van der Waals surface area (Å²) in [5.41, 5.74) is 0.743. The maximum Gasteiger partial charge on any atom is 0.318 e. The Morgan fingerprint density at radius 1 is 1.13 bits per heavy atom. The molecule has 0 atom stereocenters. The molecule has 1 saturated carbocycles. The fourth-order valence-corrected chi connectivity index (χ4v) is 5.47. The van der Waals surface area contributed by atoms with Crippen LogP contribution < -0.4 is 10.6 Å². The molecular weight excluding hydrogens is 404 g/mol. The number of carbonyl (C=O) groups is 4. The Morgan fingerprint density at radius 2 is 1.83 bits per heavy atom. The van der Waals surface area contributed by atoms with E-state index < -0.39 is 16.9 Å². The zero-order chi connectivity index (χ0) is 21.4. The van der Waals surface area contributed by atoms with Gasteiger partial charge in [-0.05, 0) is 38.3 Å². The number of urea groups is 1. The van der Waals surface area contributed by atoms with E-state index in [4.69, 9.17) is 0 Å². The third-order valence-corrected chi connectivity index (χ3v) is 7.44. The molecule has 2 aliphatic heterocycles. The van der Waals surface area contributed by atoms with E-state index in [1.165, 1.54) is 10.5 Å². The summed E-state index contributed by atoms with van der Waals surface area (Å²) in [6.07, 6.45) is 3.31. The Bertz CT molecular complexity index is 867. The van der Waals surface area contributed by atoms with Crippen LogP contribution in [0.5, 0.6) is 0 Å². The Hall–Kier alpha value is -2.39. The largest absolute Gasteiger partial charge is 0.331 e. The predicted molar refractivity (Wildman–Crippen MR) is 113 cm³/mol. The van der Waals surface area contributed by atoms with Crippen LogP contribution in [-0.2, 0) is 19.9 Å². The molecule has 4 amide bonds. The molecule has 1 spiro atoms. The number of thioether (sulfide) groups is 1. The zero-order valence-electron chi connectivity index (χ0n) is 17.0. The first-order chi connectivity index (χ1) is 14.4. The first kappa shape index (κ1) is 20.9. The van der Waals surface area contributed by atoms with Gasteiger partial charge in [-0.3, -0.25) is 19.3 Å². The highest BCUT2D eigenvalue weighted by atomic mass is 32.2. The van der Waals surface area contributed by atoms with Gasteiger partial charge in [0, 0.05) is 24.4 Å². The van der Waals surface area contributed by atoms with Crippen molar-refractivity contribution >= 4 is 34.7 Å². The molecule has 0 unspecified atom stereocenters. The van der Waals surface area contributed by atoms with Crippen molar-refractivity contribution in [1.29, 1.82) is 0 Å². The lowest BCUT2D eigenvalue weighted by Gasteiger charge is -2.45. The number of amides is 4. The molecule has 0 radical (unpaired) electrons. The smallest absolute Gasteiger partial charge is 0.318 e. The number of hydrogen-bond donors (Lipinski definition) is 2. The van der Waals surface area contributed by atoms with E-state index in [9.17, 15) is 19.2 Å². The Kier molecular flexibility index (Phi) is 5.59. The van der Waals surface area contributed by atoms with Crippen LogP contribution in [0.3, 0.4) is 0 Å². The Balaban J connectivity index is 1.41. The molecule has 2 heterocycles. The molecule has 1 aliphatic carbocycles. The van der Waals surface area contributed by atoms with E-state index in [0.717, 1.165) is 42.3 Å². The van der Waals surface area contributed by atoms with Gasteiger partial charge < -0.3 is 15.5 Å². The van der Waals surface area contributed by atoms with Crippen LogP contribution in [0.25, 0.3) is 0 Å². The van der Waals surface area contributed by atoms with Crippen LogP contribution in [-0.4, -0.2) is 70.7 Å². The van der Waals surface area contributed by atoms with E-state index in [0.29, 0.717) is 12.3 Å². The van der Waals surface area contributed by atoms with Crippen molar-refractivity contribution in [2.24, 2.45) is 0 Å². The van der Waals surface area contributed by atoms with Crippen molar-refractivity contribution in [1.82, 2.24) is 20.4 Å². The Labute approximate surface area is 179 Å². The van der Waals surface area contributed by atoms with Gasteiger partial charge in [0.05, 0.1) is 5.54 Å². The summed E-state index contributed by atoms with van der Waals surface area (Å²) in [6, 6.07) is 10.0. The molecule has 1 aromatic carbocycles. The second kappa shape index (κ2) is 8.03. The number of carbonyl (C=O) groups excluding carboxylic acids is 4. The maximum absolute atomic E-state index is 12.6. The lowest BCUT2D eigenvalue weighted by molar-refractivity contribution is -0.149. The zero-order valence-corrected chi connectivity index (χ0v) is 17.8. The number of nitrogens with one attached hydrogen (secondary N) is 2. The first-order valence-electron chi connectivity index (χ1n) is 10.2. The topological polar surface area (TPSA) is 98.8 Å². The van der Waals surface area contributed by atoms with Crippen LogP contribution in [0.2, 0.25) is 0 Å². The summed E-state index contributed by atoms with van der Waals surface area (Å²) >= 11 is 0.927. The number of nitrogens with zero attached hydrogens (tertiary/aromatic N) is 2. The van der Waals surface area contributed by atoms with Crippen molar-refractivity contribution in [3.63, 3.8) is 0 Å². The summed E-state index contributed by atoms with van der Waals surface area (Å²) in [7, 11) is 1.97. The molecule has 2 saturated heterocycles. The summed E-state index contributed by atoms with van der Waals surface area (Å²) in [5, 5.41) is 5.96. The lowest BCUT2D eigenvalue weighted by Crippen LogP contribution is -2.53. The molecule has 9 heteroatoms. The fourth-order valence-electron chi connectivity index (χ4n) is 4.78. The standard InChI is InChI=1S/C21H26N4O4S/c1-22-21(15-5-3-2-4-6-15)9-7-20(8-10-21)14-24(19(29)23-20)13-16(26)25-11-12-30-18(28)17(25)27/h2-6,22H,7-14H2,1H3,(H,23,29). The molecule has 3 fully saturated rings. The maximum atomic E-state index is 12.6. The first-order valence-corrected chi connectivity index (χ1v) is 11.2. The third kappa shape index (κ3) is 3.72. The number of rotatable bonds is 4. The average molecular weight is 431 g/mol. The number of benzene rings is 1. The highest BCUT2D eigenvalue weighted by molar-refractivity contribution is 8.15. The van der Waals surface area contributed by atoms with Gasteiger partial charge in [-0.15, -0.1) is 0 Å². The number of imide groups is 1. The van der Waals surface area contributed by atoms with Gasteiger partial charge in [0.15, 0.2) is 0 Å². The van der Waals surface area contributed by atoms with E-state index >= 15 is 0 Å². The average Bonchev–Trinajstić information content (AvgIpc) is 3.06. The molecule has 30 heavy (non-hydrogen) atoms. The van der Waals surface area contributed by atoms with Crippen LogP contribution in [0, 0.1) is 0 Å².